The van der Waals surface area contributed by atoms with E-state index in [-0.39, 0.29) is 30.7 Å². The quantitative estimate of drug-likeness (QED) is 0.618. The second kappa shape index (κ2) is 7.14. The van der Waals surface area contributed by atoms with E-state index in [1.165, 1.54) is 38.4 Å². The Labute approximate surface area is 188 Å². The van der Waals surface area contributed by atoms with Gasteiger partial charge in [0.15, 0.2) is 9.84 Å². The third kappa shape index (κ3) is 3.09. The molecule has 1 fully saturated rings. The van der Waals surface area contributed by atoms with Crippen LogP contribution in [0.1, 0.15) is 36.6 Å². The van der Waals surface area contributed by atoms with Gasteiger partial charge in [-0.15, -0.1) is 0 Å². The molecule has 3 heterocycles. The van der Waals surface area contributed by atoms with Crippen molar-refractivity contribution in [2.75, 3.05) is 7.11 Å². The molecule has 11 heteroatoms. The largest absolute Gasteiger partial charge is 0.480 e. The van der Waals surface area contributed by atoms with Crippen LogP contribution in [0.4, 0.5) is 8.78 Å². The smallest absolute Gasteiger partial charge is 0.232 e. The standard InChI is InChI=1S/C22H21F2N5O3S/c1-21(19(24)33(30,31)22(6-7-22)20(25)29-21)13-9-12(3-4-14(13)23)10-16-18-15(5-8-26-16)28-17(32-2)11-27-18/h3-5,8-9,11,19H,6-7,10H2,1-2H3,(H2,25,29)/t19-,21-/m1/s1. The normalized spacial score (nSPS) is 25.1. The highest BCUT2D eigenvalue weighted by molar-refractivity contribution is 7.94. The van der Waals surface area contributed by atoms with Crippen LogP contribution < -0.4 is 10.5 Å². The van der Waals surface area contributed by atoms with Crippen molar-refractivity contribution in [3.05, 3.63) is 59.3 Å². The van der Waals surface area contributed by atoms with Gasteiger partial charge in [-0.25, -0.2) is 27.2 Å². The van der Waals surface area contributed by atoms with Gasteiger partial charge in [-0.2, -0.15) is 0 Å². The second-order valence-electron chi connectivity index (χ2n) is 8.53. The molecule has 0 amide bonds. The average molecular weight is 474 g/mol. The minimum atomic E-state index is -4.29. The number of methoxy groups -OCH3 is 1. The minimum absolute atomic E-state index is 0.163. The molecule has 2 N–H and O–H groups in total. The fourth-order valence-corrected chi connectivity index (χ4v) is 6.55. The van der Waals surface area contributed by atoms with Crippen molar-refractivity contribution in [2.24, 2.45) is 10.7 Å². The van der Waals surface area contributed by atoms with Crippen LogP contribution >= 0.6 is 0 Å². The Balaban J connectivity index is 1.58. The molecule has 0 radical (unpaired) electrons. The summed E-state index contributed by atoms with van der Waals surface area (Å²) < 4.78 is 59.8. The number of aliphatic imine (C=N–C) groups is 1. The maximum Gasteiger partial charge on any atom is 0.232 e. The fourth-order valence-electron chi connectivity index (χ4n) is 4.36. The van der Waals surface area contributed by atoms with Crippen LogP contribution in [-0.4, -0.2) is 46.6 Å². The van der Waals surface area contributed by atoms with E-state index in [0.29, 0.717) is 28.2 Å². The van der Waals surface area contributed by atoms with Crippen molar-refractivity contribution in [1.82, 2.24) is 15.0 Å². The Bertz CT molecular complexity index is 1420. The molecule has 5 rings (SSSR count). The Morgan fingerprint density at radius 3 is 2.70 bits per heavy atom. The number of aromatic nitrogens is 3. The lowest BCUT2D eigenvalue weighted by atomic mass is 9.90. The molecule has 1 aliphatic heterocycles. The highest BCUT2D eigenvalue weighted by atomic mass is 32.2. The number of fused-ring (bicyclic) bond motifs is 1. The van der Waals surface area contributed by atoms with Gasteiger partial charge >= 0.3 is 0 Å². The molecular formula is C22H21F2N5O3S. The zero-order valence-electron chi connectivity index (χ0n) is 17.9. The highest BCUT2D eigenvalue weighted by Gasteiger charge is 2.67. The molecular weight excluding hydrogens is 452 g/mol. The van der Waals surface area contributed by atoms with E-state index >= 15 is 4.39 Å². The lowest BCUT2D eigenvalue weighted by Crippen LogP contribution is -2.54. The summed E-state index contributed by atoms with van der Waals surface area (Å²) in [5.74, 6) is -0.575. The number of rotatable bonds is 4. The molecule has 1 aromatic carbocycles. The van der Waals surface area contributed by atoms with E-state index in [0.717, 1.165) is 0 Å². The van der Waals surface area contributed by atoms with Gasteiger partial charge in [0.2, 0.25) is 11.4 Å². The SMILES string of the molecule is COc1cnc2c(Cc3ccc(F)c([C@@]4(C)N=C(N)C5(CC5)S(=O)(=O)[C@H]4F)c3)nccc2n1. The number of pyridine rings is 1. The molecule has 0 bridgehead atoms. The van der Waals surface area contributed by atoms with Crippen molar-refractivity contribution < 1.29 is 21.9 Å². The average Bonchev–Trinajstić information content (AvgIpc) is 3.61. The van der Waals surface area contributed by atoms with Crippen molar-refractivity contribution in [3.8, 4) is 5.88 Å². The number of hydrogen-bond acceptors (Lipinski definition) is 8. The van der Waals surface area contributed by atoms with E-state index < -0.39 is 31.4 Å². The first-order valence-electron chi connectivity index (χ1n) is 10.3. The van der Waals surface area contributed by atoms with Gasteiger partial charge in [-0.05, 0) is 43.5 Å². The zero-order chi connectivity index (χ0) is 23.6. The molecule has 1 saturated carbocycles. The number of nitrogens with zero attached hydrogens (tertiary/aromatic N) is 4. The first kappa shape index (κ1) is 21.6. The van der Waals surface area contributed by atoms with Gasteiger partial charge in [0.05, 0.1) is 24.5 Å². The van der Waals surface area contributed by atoms with Crippen LogP contribution in [0.5, 0.6) is 5.88 Å². The highest BCUT2D eigenvalue weighted by Crippen LogP contribution is 2.53. The van der Waals surface area contributed by atoms with Gasteiger partial charge < -0.3 is 10.5 Å². The maximum atomic E-state index is 15.5. The molecule has 2 aliphatic rings. The Morgan fingerprint density at radius 1 is 1.24 bits per heavy atom. The predicted octanol–water partition coefficient (Wildman–Crippen LogP) is 2.59. The van der Waals surface area contributed by atoms with Crippen LogP contribution in [0.2, 0.25) is 0 Å². The number of alkyl halides is 1. The van der Waals surface area contributed by atoms with E-state index in [9.17, 15) is 12.8 Å². The Kier molecular flexibility index (Phi) is 4.68. The second-order valence-corrected chi connectivity index (χ2v) is 10.8. The Morgan fingerprint density at radius 2 is 2.00 bits per heavy atom. The third-order valence-corrected chi connectivity index (χ3v) is 9.16. The maximum absolute atomic E-state index is 15.5. The summed E-state index contributed by atoms with van der Waals surface area (Å²) in [4.78, 5) is 17.3. The summed E-state index contributed by atoms with van der Waals surface area (Å²) >= 11 is 0. The number of hydrogen-bond donors (Lipinski definition) is 1. The summed E-state index contributed by atoms with van der Waals surface area (Å²) in [7, 11) is -2.80. The summed E-state index contributed by atoms with van der Waals surface area (Å²) in [6.45, 7) is 1.26. The lowest BCUT2D eigenvalue weighted by molar-refractivity contribution is 0.270. The minimum Gasteiger partial charge on any atom is -0.480 e. The molecule has 0 unspecified atom stereocenters. The van der Waals surface area contributed by atoms with E-state index in [4.69, 9.17) is 10.5 Å². The molecule has 3 aromatic rings. The van der Waals surface area contributed by atoms with Crippen LogP contribution in [0.15, 0.2) is 41.7 Å². The van der Waals surface area contributed by atoms with Crippen LogP contribution in [0, 0.1) is 5.82 Å². The van der Waals surface area contributed by atoms with Crippen molar-refractivity contribution in [1.29, 1.82) is 0 Å². The molecule has 2 aromatic heterocycles. The predicted molar refractivity (Wildman–Crippen MR) is 118 cm³/mol. The molecule has 1 spiro atoms. The van der Waals surface area contributed by atoms with Crippen molar-refractivity contribution in [3.63, 3.8) is 0 Å². The van der Waals surface area contributed by atoms with Crippen LogP contribution in [0.25, 0.3) is 11.0 Å². The number of halogens is 2. The number of benzene rings is 1. The van der Waals surface area contributed by atoms with Crippen molar-refractivity contribution in [2.45, 2.75) is 42.0 Å². The molecule has 33 heavy (non-hydrogen) atoms. The van der Waals surface area contributed by atoms with Crippen LogP contribution in [0.3, 0.4) is 0 Å². The van der Waals surface area contributed by atoms with Crippen LogP contribution in [-0.2, 0) is 21.8 Å². The number of nitrogens with two attached hydrogens (primary N) is 1. The number of sulfone groups is 1. The number of amidine groups is 1. The summed E-state index contributed by atoms with van der Waals surface area (Å²) in [5.41, 5.74) is 3.63. The first-order chi connectivity index (χ1) is 15.6. The molecule has 0 saturated heterocycles. The summed E-state index contributed by atoms with van der Waals surface area (Å²) in [6, 6.07) is 5.80. The summed E-state index contributed by atoms with van der Waals surface area (Å²) in [5, 5.41) is 0. The van der Waals surface area contributed by atoms with Gasteiger partial charge in [0.1, 0.15) is 27.5 Å². The molecule has 1 aliphatic carbocycles. The van der Waals surface area contributed by atoms with E-state index in [2.05, 4.69) is 19.9 Å². The molecule has 172 valence electrons. The van der Waals surface area contributed by atoms with Gasteiger partial charge in [-0.3, -0.25) is 9.98 Å². The van der Waals surface area contributed by atoms with Crippen molar-refractivity contribution >= 4 is 26.7 Å². The lowest BCUT2D eigenvalue weighted by Gasteiger charge is -2.37. The third-order valence-electron chi connectivity index (χ3n) is 6.45. The van der Waals surface area contributed by atoms with Gasteiger partial charge in [0, 0.05) is 18.2 Å². The Hall–Kier alpha value is -3.21. The molecule has 2 atom stereocenters. The van der Waals surface area contributed by atoms with Gasteiger partial charge in [0.25, 0.3) is 0 Å². The van der Waals surface area contributed by atoms with E-state index in [1.807, 2.05) is 0 Å². The van der Waals surface area contributed by atoms with E-state index in [1.54, 1.807) is 12.3 Å². The fraction of sp³-hybridized carbons (Fsp3) is 0.364. The summed E-state index contributed by atoms with van der Waals surface area (Å²) in [6.07, 6.45) is 3.72. The zero-order valence-corrected chi connectivity index (χ0v) is 18.7. The number of ether oxygens (including phenoxy) is 1. The first-order valence-corrected chi connectivity index (χ1v) is 11.8. The monoisotopic (exact) mass is 473 g/mol. The van der Waals surface area contributed by atoms with Gasteiger partial charge in [-0.1, -0.05) is 6.07 Å². The molecule has 8 nitrogen and oxygen atoms in total. The topological polar surface area (TPSA) is 120 Å².